The van der Waals surface area contributed by atoms with Crippen LogP contribution in [0.4, 0.5) is 5.82 Å². The lowest BCUT2D eigenvalue weighted by Gasteiger charge is -2.40. The molecule has 1 aromatic carbocycles. The number of nitrogens with one attached hydrogen (secondary N) is 1. The van der Waals surface area contributed by atoms with Gasteiger partial charge in [-0.1, -0.05) is 65.3 Å². The number of aromatic nitrogens is 2. The summed E-state index contributed by atoms with van der Waals surface area (Å²) >= 11 is 6.49. The first-order valence-electron chi connectivity index (χ1n) is 12.9. The SMILES string of the molecule is Cc1c(Cl)nc(-c2cccc(OCC(CC(C)(C)C)O[Si](C)(C)C(C)(C)C)c2)nc1N[C@@H]1CCOC1. The Hall–Kier alpha value is -1.67. The molecule has 200 valence electrons. The molecule has 6 nitrogen and oxygen atoms in total. The molecule has 1 aliphatic heterocycles. The Morgan fingerprint density at radius 2 is 1.89 bits per heavy atom. The smallest absolute Gasteiger partial charge is 0.192 e. The van der Waals surface area contributed by atoms with E-state index in [-0.39, 0.29) is 22.6 Å². The van der Waals surface area contributed by atoms with Crippen molar-refractivity contribution in [1.29, 1.82) is 0 Å². The Morgan fingerprint density at radius 1 is 1.17 bits per heavy atom. The fourth-order valence-corrected chi connectivity index (χ4v) is 5.43. The molecule has 1 fully saturated rings. The normalized spacial score (nSPS) is 17.8. The van der Waals surface area contributed by atoms with E-state index in [9.17, 15) is 0 Å². The van der Waals surface area contributed by atoms with Crippen molar-refractivity contribution in [2.75, 3.05) is 25.1 Å². The molecule has 0 radical (unpaired) electrons. The summed E-state index contributed by atoms with van der Waals surface area (Å²) in [7, 11) is -1.93. The van der Waals surface area contributed by atoms with Crippen molar-refractivity contribution < 1.29 is 13.9 Å². The third kappa shape index (κ3) is 7.91. The Balaban J connectivity index is 1.78. The van der Waals surface area contributed by atoms with Crippen LogP contribution in [0.15, 0.2) is 24.3 Å². The highest BCUT2D eigenvalue weighted by Crippen LogP contribution is 2.39. The van der Waals surface area contributed by atoms with Crippen LogP contribution in [0.3, 0.4) is 0 Å². The van der Waals surface area contributed by atoms with Gasteiger partial charge >= 0.3 is 0 Å². The van der Waals surface area contributed by atoms with Crippen molar-refractivity contribution in [1.82, 2.24) is 9.97 Å². The minimum Gasteiger partial charge on any atom is -0.491 e. The maximum atomic E-state index is 6.78. The molecule has 36 heavy (non-hydrogen) atoms. The average Bonchev–Trinajstić information content (AvgIpc) is 3.26. The minimum absolute atomic E-state index is 0.0176. The molecular formula is C28H44ClN3O3Si. The van der Waals surface area contributed by atoms with E-state index in [1.54, 1.807) is 0 Å². The molecule has 2 aromatic rings. The number of ether oxygens (including phenoxy) is 2. The molecule has 8 heteroatoms. The van der Waals surface area contributed by atoms with Crippen LogP contribution < -0.4 is 10.1 Å². The van der Waals surface area contributed by atoms with Gasteiger partial charge in [0.25, 0.3) is 0 Å². The lowest BCUT2D eigenvalue weighted by atomic mass is 9.89. The van der Waals surface area contributed by atoms with Crippen molar-refractivity contribution >= 4 is 25.7 Å². The molecule has 1 unspecified atom stereocenters. The Morgan fingerprint density at radius 3 is 2.50 bits per heavy atom. The fourth-order valence-electron chi connectivity index (χ4n) is 3.93. The zero-order chi connectivity index (χ0) is 26.7. The third-order valence-corrected chi connectivity index (χ3v) is 11.9. The molecule has 0 spiro atoms. The lowest BCUT2D eigenvalue weighted by molar-refractivity contribution is 0.0789. The Labute approximate surface area is 223 Å². The quantitative estimate of drug-likeness (QED) is 0.265. The molecule has 3 rings (SSSR count). The van der Waals surface area contributed by atoms with Gasteiger partial charge in [-0.2, -0.15) is 0 Å². The summed E-state index contributed by atoms with van der Waals surface area (Å²) in [5.41, 5.74) is 1.84. The van der Waals surface area contributed by atoms with E-state index in [4.69, 9.17) is 30.5 Å². The van der Waals surface area contributed by atoms with E-state index >= 15 is 0 Å². The summed E-state index contributed by atoms with van der Waals surface area (Å²) in [6.45, 7) is 22.0. The molecule has 1 aliphatic rings. The standard InChI is InChI=1S/C28H44ClN3O3Si/c1-19-24(29)31-26(32-25(19)30-21-13-14-33-17-21)20-11-10-12-22(15-20)34-18-23(16-27(2,3)4)35-36(8,9)28(5,6)7/h10-12,15,21,23H,13-14,16-18H2,1-9H3,(H,30,31,32)/t21-,23?/m1/s1. The maximum absolute atomic E-state index is 6.78. The van der Waals surface area contributed by atoms with E-state index in [1.165, 1.54) is 0 Å². The van der Waals surface area contributed by atoms with Crippen LogP contribution in [0.2, 0.25) is 23.3 Å². The summed E-state index contributed by atoms with van der Waals surface area (Å²) in [6, 6.07) is 8.12. The first-order valence-corrected chi connectivity index (χ1v) is 16.2. The fraction of sp³-hybridized carbons (Fsp3) is 0.643. The lowest BCUT2D eigenvalue weighted by Crippen LogP contribution is -2.46. The zero-order valence-electron chi connectivity index (χ0n) is 23.5. The molecule has 2 heterocycles. The summed E-state index contributed by atoms with van der Waals surface area (Å²) < 4.78 is 18.6. The second-order valence-corrected chi connectivity index (χ2v) is 17.7. The van der Waals surface area contributed by atoms with Gasteiger partial charge in [-0.15, -0.1) is 0 Å². The maximum Gasteiger partial charge on any atom is 0.192 e. The van der Waals surface area contributed by atoms with Gasteiger partial charge in [-0.25, -0.2) is 9.97 Å². The molecule has 0 amide bonds. The van der Waals surface area contributed by atoms with Crippen molar-refractivity contribution in [2.45, 2.75) is 91.6 Å². The van der Waals surface area contributed by atoms with Gasteiger partial charge in [0.15, 0.2) is 14.1 Å². The van der Waals surface area contributed by atoms with Crippen LogP contribution in [0.1, 0.15) is 59.9 Å². The highest BCUT2D eigenvalue weighted by Gasteiger charge is 2.40. The molecule has 1 aromatic heterocycles. The third-order valence-electron chi connectivity index (χ3n) is 6.99. The summed E-state index contributed by atoms with van der Waals surface area (Å²) in [4.78, 5) is 9.34. The van der Waals surface area contributed by atoms with Crippen LogP contribution in [-0.4, -0.2) is 50.3 Å². The van der Waals surface area contributed by atoms with E-state index in [1.807, 2.05) is 31.2 Å². The number of benzene rings is 1. The molecular weight excluding hydrogens is 490 g/mol. The van der Waals surface area contributed by atoms with E-state index in [2.05, 4.69) is 64.9 Å². The van der Waals surface area contributed by atoms with Crippen LogP contribution >= 0.6 is 11.6 Å². The first kappa shape index (κ1) is 28.9. The van der Waals surface area contributed by atoms with E-state index < -0.39 is 8.32 Å². The average molecular weight is 534 g/mol. The van der Waals surface area contributed by atoms with Gasteiger partial charge in [0.2, 0.25) is 0 Å². The molecule has 2 atom stereocenters. The van der Waals surface area contributed by atoms with Crippen LogP contribution in [-0.2, 0) is 9.16 Å². The highest BCUT2D eigenvalue weighted by molar-refractivity contribution is 6.74. The van der Waals surface area contributed by atoms with E-state index in [0.29, 0.717) is 24.2 Å². The zero-order valence-corrected chi connectivity index (χ0v) is 25.3. The van der Waals surface area contributed by atoms with E-state index in [0.717, 1.165) is 42.1 Å². The second kappa shape index (κ2) is 11.4. The largest absolute Gasteiger partial charge is 0.491 e. The van der Waals surface area contributed by atoms with Crippen LogP contribution in [0.5, 0.6) is 5.75 Å². The molecule has 0 aliphatic carbocycles. The monoisotopic (exact) mass is 533 g/mol. The van der Waals surface area contributed by atoms with Crippen LogP contribution in [0, 0.1) is 12.3 Å². The van der Waals surface area contributed by atoms with Gasteiger partial charge in [0.1, 0.15) is 23.3 Å². The van der Waals surface area contributed by atoms with Crippen LogP contribution in [0.25, 0.3) is 11.4 Å². The molecule has 1 N–H and O–H groups in total. The highest BCUT2D eigenvalue weighted by atomic mass is 35.5. The van der Waals surface area contributed by atoms with Gasteiger partial charge < -0.3 is 19.2 Å². The minimum atomic E-state index is -1.93. The summed E-state index contributed by atoms with van der Waals surface area (Å²) in [6.07, 6.45) is 1.89. The van der Waals surface area contributed by atoms with Crippen molar-refractivity contribution in [2.24, 2.45) is 5.41 Å². The number of anilines is 1. The number of nitrogens with zero attached hydrogens (tertiary/aromatic N) is 2. The number of halogens is 1. The molecule has 0 bridgehead atoms. The van der Waals surface area contributed by atoms with Crippen molar-refractivity contribution in [3.63, 3.8) is 0 Å². The van der Waals surface area contributed by atoms with Crippen molar-refractivity contribution in [3.05, 3.63) is 35.0 Å². The van der Waals surface area contributed by atoms with Crippen molar-refractivity contribution in [3.8, 4) is 17.1 Å². The number of hydrogen-bond acceptors (Lipinski definition) is 6. The first-order chi connectivity index (χ1) is 16.6. The van der Waals surface area contributed by atoms with Gasteiger partial charge in [-0.3, -0.25) is 0 Å². The number of hydrogen-bond donors (Lipinski definition) is 1. The second-order valence-electron chi connectivity index (χ2n) is 12.6. The number of rotatable bonds is 9. The Bertz CT molecular complexity index is 1030. The van der Waals surface area contributed by atoms with Gasteiger partial charge in [-0.05, 0) is 55.4 Å². The van der Waals surface area contributed by atoms with Gasteiger partial charge in [0.05, 0.1) is 18.8 Å². The predicted octanol–water partition coefficient (Wildman–Crippen LogP) is 7.51. The Kier molecular flexibility index (Phi) is 9.13. The topological polar surface area (TPSA) is 65.5 Å². The molecule has 1 saturated heterocycles. The summed E-state index contributed by atoms with van der Waals surface area (Å²) in [5.74, 6) is 2.09. The predicted molar refractivity (Wildman–Crippen MR) is 152 cm³/mol. The summed E-state index contributed by atoms with van der Waals surface area (Å²) in [5, 5.41) is 4.05. The molecule has 0 saturated carbocycles. The van der Waals surface area contributed by atoms with Gasteiger partial charge in [0, 0.05) is 17.7 Å².